The number of hydrogen-bond acceptors (Lipinski definition) is 6. The van der Waals surface area contributed by atoms with Crippen molar-refractivity contribution in [3.8, 4) is 5.75 Å². The molecule has 0 saturated heterocycles. The molecule has 1 aromatic heterocycles. The molecule has 0 aliphatic heterocycles. The van der Waals surface area contributed by atoms with Gasteiger partial charge in [-0.05, 0) is 19.3 Å². The highest BCUT2D eigenvalue weighted by molar-refractivity contribution is 5.63. The lowest BCUT2D eigenvalue weighted by molar-refractivity contribution is 0.286. The van der Waals surface area contributed by atoms with Crippen LogP contribution in [0, 0.1) is 0 Å². The van der Waals surface area contributed by atoms with Crippen molar-refractivity contribution in [2.45, 2.75) is 26.2 Å². The second kappa shape index (κ2) is 8.52. The molecule has 1 heterocycles. The normalized spacial score (nSPS) is 10.2. The Balaban J connectivity index is 2.65. The molecule has 1 aromatic rings. The third-order valence-corrected chi connectivity index (χ3v) is 2.43. The molecule has 0 fully saturated rings. The van der Waals surface area contributed by atoms with Crippen LogP contribution in [0.2, 0.25) is 0 Å². The molecular weight excluding hydrogens is 232 g/mol. The minimum Gasteiger partial charge on any atom is -0.490 e. The van der Waals surface area contributed by atoms with E-state index in [1.54, 1.807) is 7.11 Å². The molecule has 18 heavy (non-hydrogen) atoms. The van der Waals surface area contributed by atoms with Crippen molar-refractivity contribution in [1.82, 2.24) is 9.97 Å². The maximum atomic E-state index is 8.72. The maximum Gasteiger partial charge on any atom is 0.204 e. The van der Waals surface area contributed by atoms with E-state index in [1.165, 1.54) is 6.33 Å². The van der Waals surface area contributed by atoms with Crippen LogP contribution in [0.15, 0.2) is 6.33 Å². The highest BCUT2D eigenvalue weighted by Gasteiger charge is 2.10. The SMILES string of the molecule is CCCNc1ncnc(NCCCCO)c1OC. The minimum absolute atomic E-state index is 0.214. The lowest BCUT2D eigenvalue weighted by Crippen LogP contribution is -2.10. The number of aliphatic hydroxyl groups excluding tert-OH is 1. The van der Waals surface area contributed by atoms with Gasteiger partial charge in [-0.1, -0.05) is 6.92 Å². The number of methoxy groups -OCH3 is 1. The summed E-state index contributed by atoms with van der Waals surface area (Å²) in [5, 5.41) is 15.1. The summed E-state index contributed by atoms with van der Waals surface area (Å²) in [6, 6.07) is 0. The lowest BCUT2D eigenvalue weighted by atomic mass is 10.3. The van der Waals surface area contributed by atoms with Crippen molar-refractivity contribution in [2.75, 3.05) is 37.4 Å². The van der Waals surface area contributed by atoms with Crippen LogP contribution < -0.4 is 15.4 Å². The average molecular weight is 254 g/mol. The van der Waals surface area contributed by atoms with Crippen LogP contribution in [0.4, 0.5) is 11.6 Å². The third kappa shape index (κ3) is 4.37. The molecule has 6 nitrogen and oxygen atoms in total. The second-order valence-corrected chi connectivity index (χ2v) is 3.89. The first-order valence-corrected chi connectivity index (χ1v) is 6.31. The van der Waals surface area contributed by atoms with E-state index in [9.17, 15) is 0 Å². The van der Waals surface area contributed by atoms with E-state index in [0.717, 1.165) is 32.4 Å². The van der Waals surface area contributed by atoms with Crippen molar-refractivity contribution in [2.24, 2.45) is 0 Å². The Hall–Kier alpha value is -1.56. The number of anilines is 2. The van der Waals surface area contributed by atoms with Gasteiger partial charge in [0.1, 0.15) is 6.33 Å². The van der Waals surface area contributed by atoms with Crippen molar-refractivity contribution >= 4 is 11.6 Å². The predicted octanol–water partition coefficient (Wildman–Crippen LogP) is 1.49. The molecule has 3 N–H and O–H groups in total. The van der Waals surface area contributed by atoms with Crippen LogP contribution in [0.1, 0.15) is 26.2 Å². The zero-order chi connectivity index (χ0) is 13.2. The fourth-order valence-corrected chi connectivity index (χ4v) is 1.51. The first-order chi connectivity index (χ1) is 8.83. The first kappa shape index (κ1) is 14.5. The fraction of sp³-hybridized carbons (Fsp3) is 0.667. The molecule has 0 bridgehead atoms. The number of unbranched alkanes of at least 4 members (excludes halogenated alkanes) is 1. The zero-order valence-electron chi connectivity index (χ0n) is 11.1. The summed E-state index contributed by atoms with van der Waals surface area (Å²) in [5.74, 6) is 2.03. The lowest BCUT2D eigenvalue weighted by Gasteiger charge is -2.13. The molecular formula is C12H22N4O2. The summed E-state index contributed by atoms with van der Waals surface area (Å²) in [7, 11) is 1.61. The first-order valence-electron chi connectivity index (χ1n) is 6.31. The van der Waals surface area contributed by atoms with Gasteiger partial charge in [0.15, 0.2) is 11.6 Å². The van der Waals surface area contributed by atoms with Gasteiger partial charge in [0.2, 0.25) is 5.75 Å². The maximum absolute atomic E-state index is 8.72. The van der Waals surface area contributed by atoms with Crippen molar-refractivity contribution < 1.29 is 9.84 Å². The quantitative estimate of drug-likeness (QED) is 0.579. The van der Waals surface area contributed by atoms with Gasteiger partial charge in [-0.25, -0.2) is 9.97 Å². The van der Waals surface area contributed by atoms with Crippen LogP contribution in [-0.2, 0) is 0 Å². The topological polar surface area (TPSA) is 79.3 Å². The third-order valence-electron chi connectivity index (χ3n) is 2.43. The Kier molecular flexibility index (Phi) is 6.86. The van der Waals surface area contributed by atoms with E-state index >= 15 is 0 Å². The van der Waals surface area contributed by atoms with E-state index in [0.29, 0.717) is 17.4 Å². The van der Waals surface area contributed by atoms with E-state index < -0.39 is 0 Å². The highest BCUT2D eigenvalue weighted by Crippen LogP contribution is 2.28. The molecule has 102 valence electrons. The monoisotopic (exact) mass is 254 g/mol. The predicted molar refractivity (Wildman–Crippen MR) is 72.2 cm³/mol. The second-order valence-electron chi connectivity index (χ2n) is 3.89. The summed E-state index contributed by atoms with van der Waals surface area (Å²) in [6.45, 7) is 3.90. The number of aromatic nitrogens is 2. The Morgan fingerprint density at radius 3 is 2.39 bits per heavy atom. The Morgan fingerprint density at radius 1 is 1.17 bits per heavy atom. The van der Waals surface area contributed by atoms with E-state index in [4.69, 9.17) is 9.84 Å². The summed E-state index contributed by atoms with van der Waals surface area (Å²) < 4.78 is 5.33. The fourth-order valence-electron chi connectivity index (χ4n) is 1.51. The number of nitrogens with one attached hydrogen (secondary N) is 2. The van der Waals surface area contributed by atoms with Gasteiger partial charge in [0, 0.05) is 19.7 Å². The van der Waals surface area contributed by atoms with E-state index in [2.05, 4.69) is 27.5 Å². The Bertz CT molecular complexity index is 347. The van der Waals surface area contributed by atoms with Crippen LogP contribution in [0.5, 0.6) is 5.75 Å². The van der Waals surface area contributed by atoms with Gasteiger partial charge in [-0.3, -0.25) is 0 Å². The molecule has 0 unspecified atom stereocenters. The van der Waals surface area contributed by atoms with E-state index in [-0.39, 0.29) is 6.61 Å². The standard InChI is InChI=1S/C12H22N4O2/c1-3-6-13-11-10(18-2)12(16-9-15-11)14-7-4-5-8-17/h9,17H,3-8H2,1-2H3,(H2,13,14,15,16). The summed E-state index contributed by atoms with van der Waals surface area (Å²) in [5.41, 5.74) is 0. The average Bonchev–Trinajstić information content (AvgIpc) is 2.41. The highest BCUT2D eigenvalue weighted by atomic mass is 16.5. The molecule has 0 aromatic carbocycles. The van der Waals surface area contributed by atoms with Crippen molar-refractivity contribution in [1.29, 1.82) is 0 Å². The molecule has 1 rings (SSSR count). The summed E-state index contributed by atoms with van der Waals surface area (Å²) in [4.78, 5) is 8.33. The Labute approximate surface area is 108 Å². The van der Waals surface area contributed by atoms with E-state index in [1.807, 2.05) is 0 Å². The number of rotatable bonds is 9. The number of aliphatic hydroxyl groups is 1. The molecule has 0 saturated carbocycles. The molecule has 0 radical (unpaired) electrons. The van der Waals surface area contributed by atoms with Gasteiger partial charge < -0.3 is 20.5 Å². The zero-order valence-corrected chi connectivity index (χ0v) is 11.1. The number of nitrogens with zero attached hydrogens (tertiary/aromatic N) is 2. The Morgan fingerprint density at radius 2 is 1.83 bits per heavy atom. The van der Waals surface area contributed by atoms with Crippen LogP contribution in [0.3, 0.4) is 0 Å². The smallest absolute Gasteiger partial charge is 0.204 e. The van der Waals surface area contributed by atoms with Crippen molar-refractivity contribution in [3.63, 3.8) is 0 Å². The van der Waals surface area contributed by atoms with Crippen LogP contribution >= 0.6 is 0 Å². The summed E-state index contributed by atoms with van der Waals surface area (Å²) >= 11 is 0. The van der Waals surface area contributed by atoms with Gasteiger partial charge >= 0.3 is 0 Å². The molecule has 6 heteroatoms. The number of ether oxygens (including phenoxy) is 1. The molecule has 0 aliphatic rings. The number of hydrogen-bond donors (Lipinski definition) is 3. The van der Waals surface area contributed by atoms with Crippen LogP contribution in [0.25, 0.3) is 0 Å². The molecule has 0 amide bonds. The van der Waals surface area contributed by atoms with Gasteiger partial charge in [0.25, 0.3) is 0 Å². The van der Waals surface area contributed by atoms with Crippen LogP contribution in [-0.4, -0.2) is 41.9 Å². The minimum atomic E-state index is 0.214. The molecule has 0 spiro atoms. The van der Waals surface area contributed by atoms with Gasteiger partial charge in [0.05, 0.1) is 7.11 Å². The largest absolute Gasteiger partial charge is 0.490 e. The van der Waals surface area contributed by atoms with Crippen molar-refractivity contribution in [3.05, 3.63) is 6.33 Å². The van der Waals surface area contributed by atoms with Gasteiger partial charge in [-0.2, -0.15) is 0 Å². The molecule has 0 aliphatic carbocycles. The van der Waals surface area contributed by atoms with Gasteiger partial charge in [-0.15, -0.1) is 0 Å². The summed E-state index contributed by atoms with van der Waals surface area (Å²) in [6.07, 6.45) is 4.20. The molecule has 0 atom stereocenters.